The molecule has 28 heavy (non-hydrogen) atoms. The van der Waals surface area contributed by atoms with Gasteiger partial charge in [-0.3, -0.25) is 9.59 Å². The highest BCUT2D eigenvalue weighted by Crippen LogP contribution is 2.12. The van der Waals surface area contributed by atoms with Gasteiger partial charge in [0.05, 0.1) is 0 Å². The molecule has 0 atom stereocenters. The van der Waals surface area contributed by atoms with Crippen LogP contribution in [0.2, 0.25) is 0 Å². The summed E-state index contributed by atoms with van der Waals surface area (Å²) in [5, 5.41) is 0. The molecule has 0 unspecified atom stereocenters. The highest BCUT2D eigenvalue weighted by molar-refractivity contribution is 5.94. The predicted octanol–water partition coefficient (Wildman–Crippen LogP) is 2.87. The molecule has 150 valence electrons. The van der Waals surface area contributed by atoms with Gasteiger partial charge in [0.25, 0.3) is 5.91 Å². The Morgan fingerprint density at radius 3 is 2.04 bits per heavy atom. The van der Waals surface area contributed by atoms with Gasteiger partial charge in [0.1, 0.15) is 0 Å². The Kier molecular flexibility index (Phi) is 8.48. The molecular weight excluding hydrogens is 374 g/mol. The molecule has 3 rings (SSSR count). The first-order valence-corrected chi connectivity index (χ1v) is 9.57. The number of piperazine rings is 1. The van der Waals surface area contributed by atoms with Crippen molar-refractivity contribution in [1.29, 1.82) is 0 Å². The van der Waals surface area contributed by atoms with E-state index in [2.05, 4.69) is 12.1 Å². The van der Waals surface area contributed by atoms with Gasteiger partial charge in [-0.2, -0.15) is 0 Å². The van der Waals surface area contributed by atoms with Crippen molar-refractivity contribution >= 4 is 24.2 Å². The average molecular weight is 402 g/mol. The summed E-state index contributed by atoms with van der Waals surface area (Å²) in [6.07, 6.45) is 2.34. The lowest BCUT2D eigenvalue weighted by Gasteiger charge is -2.35. The fourth-order valence-corrected chi connectivity index (χ4v) is 3.37. The Hall–Kier alpha value is -2.37. The van der Waals surface area contributed by atoms with Crippen LogP contribution in [-0.2, 0) is 17.8 Å². The number of aryl methyl sites for hydroxylation is 1. The second-order valence-electron chi connectivity index (χ2n) is 6.91. The molecule has 2 aromatic carbocycles. The lowest BCUT2D eigenvalue weighted by molar-refractivity contribution is -0.132. The van der Waals surface area contributed by atoms with Crippen LogP contribution in [-0.4, -0.2) is 47.8 Å². The number of amides is 2. The Labute approximate surface area is 172 Å². The largest absolute Gasteiger partial charge is 0.339 e. The number of carbonyl (C=O) groups excluding carboxylic acids is 2. The van der Waals surface area contributed by atoms with Crippen molar-refractivity contribution in [2.24, 2.45) is 5.73 Å². The van der Waals surface area contributed by atoms with Crippen molar-refractivity contribution in [2.75, 3.05) is 26.2 Å². The fraction of sp³-hybridized carbons (Fsp3) is 0.364. The maximum atomic E-state index is 12.6. The van der Waals surface area contributed by atoms with Gasteiger partial charge in [-0.25, -0.2) is 0 Å². The second kappa shape index (κ2) is 10.8. The SMILES string of the molecule is Cl.NCc1ccc(C(=O)N2CCN(C(=O)CCCc3ccccc3)CC2)cc1. The van der Waals surface area contributed by atoms with Gasteiger partial charge in [0.15, 0.2) is 0 Å². The van der Waals surface area contributed by atoms with E-state index >= 15 is 0 Å². The molecule has 2 aromatic rings. The van der Waals surface area contributed by atoms with Crippen LogP contribution in [0.25, 0.3) is 0 Å². The molecular formula is C22H28ClN3O2. The van der Waals surface area contributed by atoms with Crippen LogP contribution >= 0.6 is 12.4 Å². The van der Waals surface area contributed by atoms with Crippen molar-refractivity contribution < 1.29 is 9.59 Å². The minimum Gasteiger partial charge on any atom is -0.339 e. The van der Waals surface area contributed by atoms with E-state index in [1.807, 2.05) is 52.3 Å². The number of carbonyl (C=O) groups is 2. The third kappa shape index (κ3) is 5.81. The summed E-state index contributed by atoms with van der Waals surface area (Å²) >= 11 is 0. The third-order valence-corrected chi connectivity index (χ3v) is 5.06. The molecule has 1 heterocycles. The van der Waals surface area contributed by atoms with E-state index in [9.17, 15) is 9.59 Å². The molecule has 0 spiro atoms. The molecule has 0 aliphatic carbocycles. The van der Waals surface area contributed by atoms with Crippen LogP contribution in [0, 0.1) is 0 Å². The lowest BCUT2D eigenvalue weighted by atomic mass is 10.1. The van der Waals surface area contributed by atoms with Crippen LogP contribution in [0.5, 0.6) is 0 Å². The van der Waals surface area contributed by atoms with Gasteiger partial charge in [-0.1, -0.05) is 42.5 Å². The first-order valence-electron chi connectivity index (χ1n) is 9.57. The van der Waals surface area contributed by atoms with E-state index in [4.69, 9.17) is 5.73 Å². The molecule has 0 bridgehead atoms. The second-order valence-corrected chi connectivity index (χ2v) is 6.91. The summed E-state index contributed by atoms with van der Waals surface area (Å²) in [5.41, 5.74) is 8.55. The van der Waals surface area contributed by atoms with E-state index in [-0.39, 0.29) is 24.2 Å². The minimum atomic E-state index is 0. The molecule has 0 aromatic heterocycles. The topological polar surface area (TPSA) is 66.6 Å². The summed E-state index contributed by atoms with van der Waals surface area (Å²) in [7, 11) is 0. The number of hydrogen-bond donors (Lipinski definition) is 1. The molecule has 0 radical (unpaired) electrons. The zero-order valence-corrected chi connectivity index (χ0v) is 16.9. The minimum absolute atomic E-state index is 0. The monoisotopic (exact) mass is 401 g/mol. The number of rotatable bonds is 6. The molecule has 1 saturated heterocycles. The van der Waals surface area contributed by atoms with E-state index < -0.39 is 0 Å². The van der Waals surface area contributed by atoms with Gasteiger partial charge in [0.2, 0.25) is 5.91 Å². The summed E-state index contributed by atoms with van der Waals surface area (Å²) in [6, 6.07) is 17.7. The quantitative estimate of drug-likeness (QED) is 0.809. The highest BCUT2D eigenvalue weighted by Gasteiger charge is 2.24. The van der Waals surface area contributed by atoms with E-state index in [0.717, 1.165) is 18.4 Å². The molecule has 6 heteroatoms. The Morgan fingerprint density at radius 2 is 1.43 bits per heavy atom. The number of hydrogen-bond acceptors (Lipinski definition) is 3. The average Bonchev–Trinajstić information content (AvgIpc) is 2.74. The van der Waals surface area contributed by atoms with Crippen molar-refractivity contribution in [3.8, 4) is 0 Å². The first-order chi connectivity index (χ1) is 13.2. The smallest absolute Gasteiger partial charge is 0.253 e. The van der Waals surface area contributed by atoms with Crippen LogP contribution in [0.15, 0.2) is 54.6 Å². The lowest BCUT2D eigenvalue weighted by Crippen LogP contribution is -2.50. The summed E-state index contributed by atoms with van der Waals surface area (Å²) in [5.74, 6) is 0.208. The fourth-order valence-electron chi connectivity index (χ4n) is 3.37. The standard InChI is InChI=1S/C22H27N3O2.ClH/c23-17-19-9-11-20(12-10-19)22(27)25-15-13-24(14-16-25)21(26)8-4-7-18-5-2-1-3-6-18;/h1-3,5-6,9-12H,4,7-8,13-17,23H2;1H. The van der Waals surface area contributed by atoms with Gasteiger partial charge in [-0.15, -0.1) is 12.4 Å². The van der Waals surface area contributed by atoms with Crippen LogP contribution < -0.4 is 5.73 Å². The van der Waals surface area contributed by atoms with Crippen molar-refractivity contribution in [3.05, 3.63) is 71.3 Å². The zero-order valence-electron chi connectivity index (χ0n) is 16.0. The number of halogens is 1. The third-order valence-electron chi connectivity index (χ3n) is 5.06. The predicted molar refractivity (Wildman–Crippen MR) is 113 cm³/mol. The number of nitrogens with two attached hydrogens (primary N) is 1. The molecule has 1 aliphatic heterocycles. The van der Waals surface area contributed by atoms with E-state index in [1.54, 1.807) is 0 Å². The van der Waals surface area contributed by atoms with Crippen molar-refractivity contribution in [3.63, 3.8) is 0 Å². The number of nitrogens with zero attached hydrogens (tertiary/aromatic N) is 2. The van der Waals surface area contributed by atoms with Gasteiger partial charge in [0, 0.05) is 44.7 Å². The van der Waals surface area contributed by atoms with E-state index in [0.29, 0.717) is 44.7 Å². The maximum absolute atomic E-state index is 12.6. The van der Waals surface area contributed by atoms with Gasteiger partial charge < -0.3 is 15.5 Å². The maximum Gasteiger partial charge on any atom is 0.253 e. The van der Waals surface area contributed by atoms with E-state index in [1.165, 1.54) is 5.56 Å². The highest BCUT2D eigenvalue weighted by atomic mass is 35.5. The van der Waals surface area contributed by atoms with Gasteiger partial charge >= 0.3 is 0 Å². The zero-order chi connectivity index (χ0) is 19.1. The summed E-state index contributed by atoms with van der Waals surface area (Å²) < 4.78 is 0. The van der Waals surface area contributed by atoms with Crippen LogP contribution in [0.1, 0.15) is 34.3 Å². The molecule has 1 fully saturated rings. The first kappa shape index (κ1) is 21.9. The molecule has 0 saturated carbocycles. The van der Waals surface area contributed by atoms with Crippen molar-refractivity contribution in [2.45, 2.75) is 25.8 Å². The molecule has 1 aliphatic rings. The van der Waals surface area contributed by atoms with Crippen LogP contribution in [0.4, 0.5) is 0 Å². The Morgan fingerprint density at radius 1 is 0.821 bits per heavy atom. The Bertz CT molecular complexity index is 757. The summed E-state index contributed by atoms with van der Waals surface area (Å²) in [6.45, 7) is 2.86. The van der Waals surface area contributed by atoms with Crippen LogP contribution in [0.3, 0.4) is 0 Å². The molecule has 2 N–H and O–H groups in total. The normalized spacial score (nSPS) is 13.8. The Balaban J connectivity index is 0.00000280. The van der Waals surface area contributed by atoms with Crippen molar-refractivity contribution in [1.82, 2.24) is 9.80 Å². The number of benzene rings is 2. The molecule has 2 amide bonds. The van der Waals surface area contributed by atoms with Gasteiger partial charge in [-0.05, 0) is 36.1 Å². The summed E-state index contributed by atoms with van der Waals surface area (Å²) in [4.78, 5) is 28.7. The molecule has 5 nitrogen and oxygen atoms in total.